The van der Waals surface area contributed by atoms with E-state index in [9.17, 15) is 9.59 Å². The van der Waals surface area contributed by atoms with Crippen molar-refractivity contribution in [3.63, 3.8) is 0 Å². The molecule has 2 aromatic carbocycles. The molecule has 1 heterocycles. The molecular weight excluding hydrogens is 384 g/mol. The van der Waals surface area contributed by atoms with Crippen molar-refractivity contribution in [2.45, 2.75) is 0 Å². The number of carbonyl (C=O) groups excluding carboxylic acids is 1. The van der Waals surface area contributed by atoms with Crippen LogP contribution >= 0.6 is 22.9 Å². The van der Waals surface area contributed by atoms with Gasteiger partial charge in [-0.3, -0.25) is 9.59 Å². The number of nitrogens with one attached hydrogen (secondary N) is 1. The summed E-state index contributed by atoms with van der Waals surface area (Å²) in [6.07, 6.45) is 3.15. The number of nitrogens with zero attached hydrogens (tertiary/aromatic N) is 1. The van der Waals surface area contributed by atoms with Crippen LogP contribution in [0.15, 0.2) is 53.3 Å². The number of para-hydroxylation sites is 2. The second-order valence-electron chi connectivity index (χ2n) is 5.70. The van der Waals surface area contributed by atoms with Crippen molar-refractivity contribution in [1.82, 2.24) is 4.57 Å². The zero-order valence-corrected chi connectivity index (χ0v) is 16.3. The van der Waals surface area contributed by atoms with Gasteiger partial charge in [-0.15, -0.1) is 11.3 Å². The maximum atomic E-state index is 12.5. The Kier molecular flexibility index (Phi) is 5.78. The van der Waals surface area contributed by atoms with Gasteiger partial charge in [-0.25, -0.2) is 0 Å². The van der Waals surface area contributed by atoms with E-state index >= 15 is 0 Å². The summed E-state index contributed by atoms with van der Waals surface area (Å²) in [6.45, 7) is 0. The Morgan fingerprint density at radius 1 is 1.22 bits per heavy atom. The van der Waals surface area contributed by atoms with E-state index in [-0.39, 0.29) is 11.5 Å². The molecule has 0 atom stereocenters. The number of ether oxygens (including phenoxy) is 1. The lowest BCUT2D eigenvalue weighted by Crippen LogP contribution is -2.29. The Bertz CT molecular complexity index is 1160. The summed E-state index contributed by atoms with van der Waals surface area (Å²) in [5, 5.41) is 3.36. The van der Waals surface area contributed by atoms with Crippen LogP contribution in [0, 0.1) is 0 Å². The van der Waals surface area contributed by atoms with E-state index < -0.39 is 0 Å². The summed E-state index contributed by atoms with van der Waals surface area (Å²) in [5.74, 6) is 0.222. The number of amides is 1. The van der Waals surface area contributed by atoms with Gasteiger partial charge in [-0.2, -0.15) is 0 Å². The topological polar surface area (TPSA) is 60.3 Å². The number of aromatic nitrogens is 1. The minimum absolute atomic E-state index is 0.170. The molecule has 5 nitrogen and oxygen atoms in total. The van der Waals surface area contributed by atoms with Crippen molar-refractivity contribution in [2.75, 3.05) is 12.4 Å². The first-order valence-electron chi connectivity index (χ1n) is 8.07. The third-order valence-corrected chi connectivity index (χ3v) is 5.17. The second-order valence-corrected chi connectivity index (χ2v) is 7.20. The van der Waals surface area contributed by atoms with Crippen LogP contribution in [-0.4, -0.2) is 17.6 Å². The standard InChI is InChI=1S/C20H17ClN2O3S/c1-23-19(12-18(24)22-15-8-3-4-9-16(15)26-2)27-17(20(23)25)11-13-6-5-7-14(21)10-13/h3-12H,1-2H3,(H,22,24)/b17-11+,19-12+. The molecule has 1 amide bonds. The number of methoxy groups -OCH3 is 1. The predicted molar refractivity (Wildman–Crippen MR) is 110 cm³/mol. The van der Waals surface area contributed by atoms with Crippen LogP contribution in [-0.2, 0) is 11.8 Å². The molecule has 0 bridgehead atoms. The Labute approximate surface area is 164 Å². The molecular formula is C20H17ClN2O3S. The molecule has 3 aromatic rings. The van der Waals surface area contributed by atoms with Crippen LogP contribution < -0.4 is 24.8 Å². The molecule has 1 aromatic heterocycles. The van der Waals surface area contributed by atoms with Crippen LogP contribution in [0.5, 0.6) is 5.75 Å². The molecule has 27 heavy (non-hydrogen) atoms. The van der Waals surface area contributed by atoms with Gasteiger partial charge >= 0.3 is 0 Å². The Balaban J connectivity index is 1.95. The van der Waals surface area contributed by atoms with Gasteiger partial charge in [0, 0.05) is 18.1 Å². The van der Waals surface area contributed by atoms with Gasteiger partial charge in [0.2, 0.25) is 0 Å². The number of halogens is 1. The Hall–Kier alpha value is -2.83. The zero-order valence-electron chi connectivity index (χ0n) is 14.7. The van der Waals surface area contributed by atoms with E-state index in [1.807, 2.05) is 18.2 Å². The number of anilines is 1. The average Bonchev–Trinajstić information content (AvgIpc) is 2.90. The number of carbonyl (C=O) groups is 1. The van der Waals surface area contributed by atoms with Crippen LogP contribution in [0.4, 0.5) is 5.69 Å². The van der Waals surface area contributed by atoms with Gasteiger partial charge in [-0.05, 0) is 35.9 Å². The minimum atomic E-state index is -0.342. The molecule has 0 aliphatic carbocycles. The Morgan fingerprint density at radius 3 is 2.74 bits per heavy atom. The van der Waals surface area contributed by atoms with E-state index in [1.165, 1.54) is 29.1 Å². The number of hydrogen-bond acceptors (Lipinski definition) is 4. The predicted octanol–water partition coefficient (Wildman–Crippen LogP) is 2.36. The summed E-state index contributed by atoms with van der Waals surface area (Å²) in [7, 11) is 3.17. The zero-order chi connectivity index (χ0) is 19.4. The van der Waals surface area contributed by atoms with Crippen LogP contribution in [0.1, 0.15) is 5.56 Å². The summed E-state index contributed by atoms with van der Waals surface area (Å²) >= 11 is 7.23. The third-order valence-electron chi connectivity index (χ3n) is 3.83. The van der Waals surface area contributed by atoms with E-state index in [0.29, 0.717) is 25.7 Å². The smallest absolute Gasteiger partial charge is 0.268 e. The molecule has 0 aliphatic rings. The lowest BCUT2D eigenvalue weighted by Gasteiger charge is -2.07. The van der Waals surface area contributed by atoms with Crippen LogP contribution in [0.25, 0.3) is 12.2 Å². The number of rotatable bonds is 4. The molecule has 0 saturated carbocycles. The fraction of sp³-hybridized carbons (Fsp3) is 0.100. The normalized spacial score (nSPS) is 12.3. The van der Waals surface area contributed by atoms with Crippen molar-refractivity contribution in [3.8, 4) is 5.75 Å². The van der Waals surface area contributed by atoms with Gasteiger partial charge in [0.25, 0.3) is 11.5 Å². The molecule has 0 spiro atoms. The quantitative estimate of drug-likeness (QED) is 0.731. The Morgan fingerprint density at radius 2 is 2.00 bits per heavy atom. The van der Waals surface area contributed by atoms with Gasteiger partial charge in [-0.1, -0.05) is 35.9 Å². The van der Waals surface area contributed by atoms with Crippen molar-refractivity contribution in [2.24, 2.45) is 7.05 Å². The van der Waals surface area contributed by atoms with E-state index in [4.69, 9.17) is 16.3 Å². The first-order chi connectivity index (χ1) is 13.0. The van der Waals surface area contributed by atoms with Gasteiger partial charge in [0.05, 0.1) is 17.3 Å². The van der Waals surface area contributed by atoms with E-state index in [1.54, 1.807) is 43.5 Å². The van der Waals surface area contributed by atoms with Gasteiger partial charge < -0.3 is 14.6 Å². The molecule has 3 rings (SSSR count). The van der Waals surface area contributed by atoms with Crippen molar-refractivity contribution < 1.29 is 9.53 Å². The number of hydrogen-bond donors (Lipinski definition) is 1. The van der Waals surface area contributed by atoms with Crippen LogP contribution in [0.2, 0.25) is 5.02 Å². The highest BCUT2D eigenvalue weighted by molar-refractivity contribution is 7.07. The lowest BCUT2D eigenvalue weighted by molar-refractivity contribution is -0.110. The van der Waals surface area contributed by atoms with Crippen molar-refractivity contribution >= 4 is 46.7 Å². The van der Waals surface area contributed by atoms with E-state index in [2.05, 4.69) is 5.32 Å². The second kappa shape index (κ2) is 8.24. The summed E-state index contributed by atoms with van der Waals surface area (Å²) in [5.41, 5.74) is 1.22. The van der Waals surface area contributed by atoms with Crippen molar-refractivity contribution in [1.29, 1.82) is 0 Å². The maximum absolute atomic E-state index is 12.5. The fourth-order valence-corrected chi connectivity index (χ4v) is 3.71. The molecule has 0 aliphatic heterocycles. The summed E-state index contributed by atoms with van der Waals surface area (Å²) in [6, 6.07) is 14.4. The van der Waals surface area contributed by atoms with Crippen LogP contribution in [0.3, 0.4) is 0 Å². The molecule has 0 radical (unpaired) electrons. The fourth-order valence-electron chi connectivity index (χ4n) is 2.48. The highest BCUT2D eigenvalue weighted by atomic mass is 35.5. The SMILES string of the molecule is COc1ccccc1NC(=O)/C=c1/s/c(=C/c2cccc(Cl)c2)c(=O)n1C. The molecule has 0 saturated heterocycles. The number of benzene rings is 2. The summed E-state index contributed by atoms with van der Waals surface area (Å²) in [4.78, 5) is 24.8. The van der Waals surface area contributed by atoms with Gasteiger partial charge in [0.1, 0.15) is 10.4 Å². The average molecular weight is 401 g/mol. The monoisotopic (exact) mass is 400 g/mol. The summed E-state index contributed by atoms with van der Waals surface area (Å²) < 4.78 is 7.74. The van der Waals surface area contributed by atoms with Crippen molar-refractivity contribution in [3.05, 3.63) is 78.7 Å². The number of thiazole rings is 1. The first-order valence-corrected chi connectivity index (χ1v) is 9.26. The molecule has 1 N–H and O–H groups in total. The minimum Gasteiger partial charge on any atom is -0.495 e. The van der Waals surface area contributed by atoms with E-state index in [0.717, 1.165) is 5.56 Å². The lowest BCUT2D eigenvalue weighted by atomic mass is 10.2. The largest absolute Gasteiger partial charge is 0.495 e. The third kappa shape index (κ3) is 4.48. The highest BCUT2D eigenvalue weighted by Gasteiger charge is 2.06. The molecule has 7 heteroatoms. The van der Waals surface area contributed by atoms with Gasteiger partial charge in [0.15, 0.2) is 0 Å². The maximum Gasteiger partial charge on any atom is 0.268 e. The molecule has 0 unspecified atom stereocenters. The molecule has 138 valence electrons. The molecule has 0 fully saturated rings. The highest BCUT2D eigenvalue weighted by Crippen LogP contribution is 2.22. The first kappa shape index (κ1) is 18.9.